The molecule has 0 saturated carbocycles. The number of hydrogen-bond acceptors (Lipinski definition) is 3. The van der Waals surface area contributed by atoms with Crippen molar-refractivity contribution < 1.29 is 4.79 Å². The van der Waals surface area contributed by atoms with Crippen molar-refractivity contribution in [2.45, 2.75) is 12.3 Å². The zero-order valence-corrected chi connectivity index (χ0v) is 12.9. The zero-order valence-electron chi connectivity index (χ0n) is 12.1. The van der Waals surface area contributed by atoms with Gasteiger partial charge in [0.1, 0.15) is 12.1 Å². The van der Waals surface area contributed by atoms with Gasteiger partial charge in [0.2, 0.25) is 5.91 Å². The van der Waals surface area contributed by atoms with Gasteiger partial charge in [-0.1, -0.05) is 23.7 Å². The molecule has 23 heavy (non-hydrogen) atoms. The van der Waals surface area contributed by atoms with Crippen molar-refractivity contribution in [1.82, 2.24) is 14.5 Å². The number of carbonyl (C=O) groups excluding carboxylic acids is 1. The number of imidazole rings is 1. The average Bonchev–Trinajstić information content (AvgIpc) is 2.98. The average molecular weight is 325 g/mol. The predicted octanol–water partition coefficient (Wildman–Crippen LogP) is 3.39. The normalized spacial score (nSPS) is 16.7. The molecule has 0 radical (unpaired) electrons. The lowest BCUT2D eigenvalue weighted by atomic mass is 9.90. The number of anilines is 1. The van der Waals surface area contributed by atoms with Gasteiger partial charge in [-0.15, -0.1) is 0 Å². The number of nitrogens with one attached hydrogen (secondary N) is 1. The van der Waals surface area contributed by atoms with E-state index < -0.39 is 0 Å². The lowest BCUT2D eigenvalue weighted by Gasteiger charge is -2.23. The van der Waals surface area contributed by atoms with Crippen molar-refractivity contribution in [3.8, 4) is 5.69 Å². The molecule has 1 N–H and O–H groups in total. The highest BCUT2D eigenvalue weighted by atomic mass is 35.5. The number of halogens is 1. The van der Waals surface area contributed by atoms with Crippen molar-refractivity contribution in [2.24, 2.45) is 0 Å². The Labute approximate surface area is 138 Å². The van der Waals surface area contributed by atoms with Crippen LogP contribution < -0.4 is 5.32 Å². The molecule has 1 aromatic carbocycles. The van der Waals surface area contributed by atoms with Crippen LogP contribution in [0, 0.1) is 0 Å². The van der Waals surface area contributed by atoms with Crippen molar-refractivity contribution in [1.29, 1.82) is 0 Å². The quantitative estimate of drug-likeness (QED) is 0.786. The number of amides is 1. The number of fused-ring (bicyclic) bond motifs is 1. The summed E-state index contributed by atoms with van der Waals surface area (Å²) < 4.78 is 1.84. The van der Waals surface area contributed by atoms with Gasteiger partial charge in [-0.05, 0) is 29.8 Å². The molecule has 0 bridgehead atoms. The molecule has 0 aliphatic carbocycles. The molecule has 1 aliphatic rings. The summed E-state index contributed by atoms with van der Waals surface area (Å²) in [5.41, 5.74) is 2.69. The van der Waals surface area contributed by atoms with Gasteiger partial charge in [-0.2, -0.15) is 0 Å². The molecule has 2 aromatic heterocycles. The van der Waals surface area contributed by atoms with Crippen LogP contribution >= 0.6 is 11.6 Å². The van der Waals surface area contributed by atoms with Gasteiger partial charge in [0.25, 0.3) is 0 Å². The maximum Gasteiger partial charge on any atom is 0.226 e. The molecule has 6 heteroatoms. The molecule has 1 amide bonds. The summed E-state index contributed by atoms with van der Waals surface area (Å²) in [6.07, 6.45) is 5.51. The monoisotopic (exact) mass is 324 g/mol. The Hall–Kier alpha value is -2.66. The lowest BCUT2D eigenvalue weighted by Crippen LogP contribution is -2.24. The number of hydrogen-bond donors (Lipinski definition) is 1. The van der Waals surface area contributed by atoms with Gasteiger partial charge < -0.3 is 5.32 Å². The van der Waals surface area contributed by atoms with Crippen LogP contribution in [0.4, 0.5) is 5.82 Å². The third-order valence-corrected chi connectivity index (χ3v) is 4.18. The maximum absolute atomic E-state index is 12.2. The second-order valence-electron chi connectivity index (χ2n) is 5.42. The number of carbonyl (C=O) groups is 1. The Morgan fingerprint density at radius 1 is 1.26 bits per heavy atom. The van der Waals surface area contributed by atoms with Crippen LogP contribution in [-0.4, -0.2) is 20.4 Å². The lowest BCUT2D eigenvalue weighted by molar-refractivity contribution is -0.116. The van der Waals surface area contributed by atoms with E-state index in [1.165, 1.54) is 0 Å². The minimum absolute atomic E-state index is 0.0342. The van der Waals surface area contributed by atoms with Gasteiger partial charge in [-0.3, -0.25) is 14.3 Å². The molecule has 0 saturated heterocycles. The Balaban J connectivity index is 1.83. The van der Waals surface area contributed by atoms with E-state index in [0.29, 0.717) is 17.3 Å². The SMILES string of the molecule is O=C1C[C@@H](c2cccc(Cl)c2)c2ncn(-c3cccnc3)c2N1. The first kappa shape index (κ1) is 14.0. The van der Waals surface area contributed by atoms with Crippen molar-refractivity contribution in [3.05, 3.63) is 71.4 Å². The molecule has 1 aliphatic heterocycles. The smallest absolute Gasteiger partial charge is 0.226 e. The van der Waals surface area contributed by atoms with Gasteiger partial charge in [-0.25, -0.2) is 4.98 Å². The van der Waals surface area contributed by atoms with Crippen molar-refractivity contribution in [3.63, 3.8) is 0 Å². The van der Waals surface area contributed by atoms with Crippen LogP contribution in [0.15, 0.2) is 55.1 Å². The molecule has 5 nitrogen and oxygen atoms in total. The summed E-state index contributed by atoms with van der Waals surface area (Å²) in [4.78, 5) is 20.8. The summed E-state index contributed by atoms with van der Waals surface area (Å²) in [5, 5.41) is 3.58. The third kappa shape index (κ3) is 2.49. The van der Waals surface area contributed by atoms with E-state index in [0.717, 1.165) is 16.9 Å². The molecule has 3 aromatic rings. The Morgan fingerprint density at radius 2 is 2.17 bits per heavy atom. The first-order valence-corrected chi connectivity index (χ1v) is 7.63. The molecular weight excluding hydrogens is 312 g/mol. The van der Waals surface area contributed by atoms with Crippen LogP contribution in [0.1, 0.15) is 23.6 Å². The van der Waals surface area contributed by atoms with Gasteiger partial charge in [0.15, 0.2) is 0 Å². The largest absolute Gasteiger partial charge is 0.310 e. The summed E-state index contributed by atoms with van der Waals surface area (Å²) in [6.45, 7) is 0. The van der Waals surface area contributed by atoms with Crippen LogP contribution in [0.25, 0.3) is 5.69 Å². The van der Waals surface area contributed by atoms with Crippen molar-refractivity contribution >= 4 is 23.3 Å². The summed E-state index contributed by atoms with van der Waals surface area (Å²) in [5.74, 6) is 0.558. The third-order valence-electron chi connectivity index (χ3n) is 3.95. The van der Waals surface area contributed by atoms with E-state index in [1.54, 1.807) is 18.7 Å². The van der Waals surface area contributed by atoms with Crippen LogP contribution in [0.3, 0.4) is 0 Å². The van der Waals surface area contributed by atoms with Crippen LogP contribution in [-0.2, 0) is 4.79 Å². The Kier molecular flexibility index (Phi) is 3.35. The highest BCUT2D eigenvalue weighted by molar-refractivity contribution is 6.30. The predicted molar refractivity (Wildman–Crippen MR) is 87.9 cm³/mol. The number of rotatable bonds is 2. The number of aromatic nitrogens is 3. The fraction of sp³-hybridized carbons (Fsp3) is 0.118. The minimum atomic E-state index is -0.102. The topological polar surface area (TPSA) is 59.8 Å². The van der Waals surface area contributed by atoms with E-state index >= 15 is 0 Å². The first-order valence-electron chi connectivity index (χ1n) is 7.25. The number of benzene rings is 1. The van der Waals surface area contributed by atoms with E-state index in [2.05, 4.69) is 15.3 Å². The highest BCUT2D eigenvalue weighted by Crippen LogP contribution is 2.37. The summed E-state index contributed by atoms with van der Waals surface area (Å²) >= 11 is 6.09. The Morgan fingerprint density at radius 3 is 2.96 bits per heavy atom. The first-order chi connectivity index (χ1) is 11.2. The zero-order chi connectivity index (χ0) is 15.8. The highest BCUT2D eigenvalue weighted by Gasteiger charge is 2.31. The van der Waals surface area contributed by atoms with E-state index in [4.69, 9.17) is 11.6 Å². The van der Waals surface area contributed by atoms with E-state index in [9.17, 15) is 4.79 Å². The van der Waals surface area contributed by atoms with Gasteiger partial charge in [0, 0.05) is 23.6 Å². The molecule has 0 unspecified atom stereocenters. The second kappa shape index (κ2) is 5.52. The molecule has 0 spiro atoms. The fourth-order valence-electron chi connectivity index (χ4n) is 2.90. The van der Waals surface area contributed by atoms with E-state index in [1.807, 2.05) is 41.0 Å². The molecule has 1 atom stereocenters. The van der Waals surface area contributed by atoms with Crippen LogP contribution in [0.2, 0.25) is 5.02 Å². The minimum Gasteiger partial charge on any atom is -0.310 e. The van der Waals surface area contributed by atoms with Gasteiger partial charge in [0.05, 0.1) is 17.6 Å². The Bertz CT molecular complexity index is 875. The van der Waals surface area contributed by atoms with Gasteiger partial charge >= 0.3 is 0 Å². The second-order valence-corrected chi connectivity index (χ2v) is 5.86. The standard InChI is InChI=1S/C17H13ClN4O/c18-12-4-1-3-11(7-12)14-8-15(23)21-17-16(14)20-10-22(17)13-5-2-6-19-9-13/h1-7,9-10,14H,8H2,(H,21,23)/t14-/m0/s1. The van der Waals surface area contributed by atoms with Crippen molar-refractivity contribution in [2.75, 3.05) is 5.32 Å². The number of pyridine rings is 1. The molecule has 3 heterocycles. The summed E-state index contributed by atoms with van der Waals surface area (Å²) in [7, 11) is 0. The van der Waals surface area contributed by atoms with E-state index in [-0.39, 0.29) is 11.8 Å². The molecule has 0 fully saturated rings. The molecule has 114 valence electrons. The maximum atomic E-state index is 12.2. The van der Waals surface area contributed by atoms with Crippen LogP contribution in [0.5, 0.6) is 0 Å². The fourth-order valence-corrected chi connectivity index (χ4v) is 3.10. The molecular formula is C17H13ClN4O. The number of nitrogens with zero attached hydrogens (tertiary/aromatic N) is 3. The molecule has 4 rings (SSSR count). The summed E-state index contributed by atoms with van der Waals surface area (Å²) in [6, 6.07) is 11.3.